The predicted octanol–water partition coefficient (Wildman–Crippen LogP) is 4.19. The molecule has 0 atom stereocenters. The van der Waals surface area contributed by atoms with Crippen molar-refractivity contribution in [3.8, 4) is 0 Å². The molecule has 0 radical (unpaired) electrons. The second kappa shape index (κ2) is 15.1. The van der Waals surface area contributed by atoms with E-state index < -0.39 is 0 Å². The van der Waals surface area contributed by atoms with Crippen LogP contribution in [0.25, 0.3) is 6.08 Å². The van der Waals surface area contributed by atoms with Gasteiger partial charge >= 0.3 is 17.9 Å². The Bertz CT molecular complexity index is 806. The normalized spacial score (nSPS) is 10.9. The van der Waals surface area contributed by atoms with Gasteiger partial charge in [-0.3, -0.25) is 14.4 Å². The van der Waals surface area contributed by atoms with Gasteiger partial charge in [-0.1, -0.05) is 38.2 Å². The first kappa shape index (κ1) is 27.2. The number of rotatable bonds is 15. The standard InChI is InChI=1S/C25H37NO6/c1-6-11-13-19-20(17-24(28)31-9-4)22(15-16-23(27)30-8-3)26(18-25(29)32-10-5)21(19)14-12-7-2/h6,11,13H,1,7-10,12,14-18H2,2-5H3/b13-11-. The summed E-state index contributed by atoms with van der Waals surface area (Å²) in [6.07, 6.45) is 8.53. The minimum absolute atomic E-state index is 0.0167. The van der Waals surface area contributed by atoms with E-state index in [2.05, 4.69) is 13.5 Å². The summed E-state index contributed by atoms with van der Waals surface area (Å²) < 4.78 is 17.4. The molecule has 1 aromatic heterocycles. The molecule has 1 rings (SSSR count). The van der Waals surface area contributed by atoms with Gasteiger partial charge in [-0.05, 0) is 51.2 Å². The van der Waals surface area contributed by atoms with Crippen molar-refractivity contribution < 1.29 is 28.6 Å². The minimum atomic E-state index is -0.362. The molecule has 0 unspecified atom stereocenters. The number of unbranched alkanes of at least 4 members (excludes halogenated alkanes) is 1. The lowest BCUT2D eigenvalue weighted by Crippen LogP contribution is -2.19. The van der Waals surface area contributed by atoms with E-state index in [1.54, 1.807) is 26.8 Å². The van der Waals surface area contributed by atoms with Crippen LogP contribution in [0, 0.1) is 0 Å². The van der Waals surface area contributed by atoms with Crippen LogP contribution in [0.1, 0.15) is 69.5 Å². The van der Waals surface area contributed by atoms with Gasteiger partial charge in [0.1, 0.15) is 6.54 Å². The Kier molecular flexibility index (Phi) is 12.8. The summed E-state index contributed by atoms with van der Waals surface area (Å²) in [5, 5.41) is 0. The number of aromatic nitrogens is 1. The Labute approximate surface area is 191 Å². The second-order valence-corrected chi connectivity index (χ2v) is 7.16. The molecule has 1 aromatic rings. The van der Waals surface area contributed by atoms with Crippen LogP contribution in [0.2, 0.25) is 0 Å². The van der Waals surface area contributed by atoms with Crippen molar-refractivity contribution in [2.45, 2.75) is 72.8 Å². The van der Waals surface area contributed by atoms with E-state index in [0.717, 1.165) is 41.8 Å². The largest absolute Gasteiger partial charge is 0.466 e. The van der Waals surface area contributed by atoms with Crippen LogP contribution in [0.15, 0.2) is 18.7 Å². The topological polar surface area (TPSA) is 83.8 Å². The summed E-state index contributed by atoms with van der Waals surface area (Å²) in [5.74, 6) is -1.04. The quantitative estimate of drug-likeness (QED) is 0.228. The number of carbonyl (C=O) groups excluding carboxylic acids is 3. The summed E-state index contributed by atoms with van der Waals surface area (Å²) in [4.78, 5) is 36.9. The molecular formula is C25H37NO6. The summed E-state index contributed by atoms with van der Waals surface area (Å²) in [5.41, 5.74) is 3.33. The van der Waals surface area contributed by atoms with Crippen LogP contribution in [-0.2, 0) is 54.4 Å². The van der Waals surface area contributed by atoms with E-state index in [0.29, 0.717) is 13.0 Å². The lowest BCUT2D eigenvalue weighted by atomic mass is 10.0. The molecule has 7 heteroatoms. The average Bonchev–Trinajstić information content (AvgIpc) is 3.00. The molecule has 0 amide bonds. The third kappa shape index (κ3) is 8.36. The SMILES string of the molecule is C=C/C=C\c1c(CC(=O)OCC)c(CCC(=O)OCC)n(CC(=O)OCC)c1CCCC. The Morgan fingerprint density at radius 3 is 2.09 bits per heavy atom. The van der Waals surface area contributed by atoms with Crippen molar-refractivity contribution in [2.24, 2.45) is 0 Å². The predicted molar refractivity (Wildman–Crippen MR) is 124 cm³/mol. The average molecular weight is 448 g/mol. The van der Waals surface area contributed by atoms with Crippen LogP contribution in [0.4, 0.5) is 0 Å². The molecule has 0 bridgehead atoms. The van der Waals surface area contributed by atoms with Crippen LogP contribution < -0.4 is 0 Å². The molecule has 1 heterocycles. The van der Waals surface area contributed by atoms with Gasteiger partial charge < -0.3 is 18.8 Å². The third-order valence-electron chi connectivity index (χ3n) is 4.89. The van der Waals surface area contributed by atoms with E-state index in [1.165, 1.54) is 0 Å². The maximum absolute atomic E-state index is 12.4. The highest BCUT2D eigenvalue weighted by Crippen LogP contribution is 2.29. The van der Waals surface area contributed by atoms with Crippen LogP contribution in [0.5, 0.6) is 0 Å². The van der Waals surface area contributed by atoms with Gasteiger partial charge in [0.25, 0.3) is 0 Å². The molecule has 0 aliphatic heterocycles. The van der Waals surface area contributed by atoms with Gasteiger partial charge in [-0.25, -0.2) is 0 Å². The smallest absolute Gasteiger partial charge is 0.325 e. The van der Waals surface area contributed by atoms with Crippen molar-refractivity contribution in [3.05, 3.63) is 41.2 Å². The number of hydrogen-bond acceptors (Lipinski definition) is 6. The molecule has 0 saturated heterocycles. The molecule has 32 heavy (non-hydrogen) atoms. The molecule has 178 valence electrons. The Morgan fingerprint density at radius 1 is 0.875 bits per heavy atom. The minimum Gasteiger partial charge on any atom is -0.466 e. The molecular weight excluding hydrogens is 410 g/mol. The first-order valence-electron chi connectivity index (χ1n) is 11.4. The van der Waals surface area contributed by atoms with E-state index >= 15 is 0 Å². The summed E-state index contributed by atoms with van der Waals surface area (Å²) >= 11 is 0. The van der Waals surface area contributed by atoms with Gasteiger partial charge in [0.05, 0.1) is 32.7 Å². The van der Waals surface area contributed by atoms with E-state index in [9.17, 15) is 14.4 Å². The molecule has 0 spiro atoms. The molecule has 0 aliphatic rings. The summed E-state index contributed by atoms with van der Waals surface area (Å²) in [6.45, 7) is 12.0. The van der Waals surface area contributed by atoms with Crippen LogP contribution in [-0.4, -0.2) is 42.3 Å². The molecule has 0 aromatic carbocycles. The fourth-order valence-corrected chi connectivity index (χ4v) is 3.60. The Morgan fingerprint density at radius 2 is 1.50 bits per heavy atom. The van der Waals surface area contributed by atoms with Crippen LogP contribution >= 0.6 is 0 Å². The van der Waals surface area contributed by atoms with E-state index in [4.69, 9.17) is 14.2 Å². The van der Waals surface area contributed by atoms with Gasteiger partial charge in [0.15, 0.2) is 0 Å². The molecule has 7 nitrogen and oxygen atoms in total. The fraction of sp³-hybridized carbons (Fsp3) is 0.560. The fourth-order valence-electron chi connectivity index (χ4n) is 3.60. The number of hydrogen-bond donors (Lipinski definition) is 0. The van der Waals surface area contributed by atoms with Gasteiger partial charge in [0.2, 0.25) is 0 Å². The van der Waals surface area contributed by atoms with Crippen molar-refractivity contribution in [1.82, 2.24) is 4.57 Å². The second-order valence-electron chi connectivity index (χ2n) is 7.16. The number of nitrogens with zero attached hydrogens (tertiary/aromatic N) is 1. The molecule has 0 fully saturated rings. The Balaban J connectivity index is 3.63. The number of allylic oxidation sites excluding steroid dienone is 2. The first-order valence-corrected chi connectivity index (χ1v) is 11.4. The zero-order valence-electron chi connectivity index (χ0n) is 19.9. The molecule has 0 N–H and O–H groups in total. The van der Waals surface area contributed by atoms with Gasteiger partial charge in [-0.15, -0.1) is 0 Å². The number of ether oxygens (including phenoxy) is 3. The monoisotopic (exact) mass is 447 g/mol. The molecule has 0 aliphatic carbocycles. The third-order valence-corrected chi connectivity index (χ3v) is 4.89. The maximum atomic E-state index is 12.4. The maximum Gasteiger partial charge on any atom is 0.325 e. The van der Waals surface area contributed by atoms with Crippen molar-refractivity contribution in [3.63, 3.8) is 0 Å². The highest BCUT2D eigenvalue weighted by molar-refractivity contribution is 5.77. The first-order chi connectivity index (χ1) is 15.4. The highest BCUT2D eigenvalue weighted by atomic mass is 16.5. The lowest BCUT2D eigenvalue weighted by molar-refractivity contribution is -0.144. The van der Waals surface area contributed by atoms with Crippen molar-refractivity contribution in [1.29, 1.82) is 0 Å². The number of carbonyl (C=O) groups is 3. The van der Waals surface area contributed by atoms with E-state index in [-0.39, 0.29) is 50.5 Å². The zero-order valence-corrected chi connectivity index (χ0v) is 19.9. The van der Waals surface area contributed by atoms with Crippen molar-refractivity contribution in [2.75, 3.05) is 19.8 Å². The molecule has 0 saturated carbocycles. The lowest BCUT2D eigenvalue weighted by Gasteiger charge is -2.14. The zero-order chi connectivity index (χ0) is 23.9. The highest BCUT2D eigenvalue weighted by Gasteiger charge is 2.25. The Hall–Kier alpha value is -2.83. The number of esters is 3. The summed E-state index contributed by atoms with van der Waals surface area (Å²) in [6, 6.07) is 0. The summed E-state index contributed by atoms with van der Waals surface area (Å²) in [7, 11) is 0. The van der Waals surface area contributed by atoms with E-state index in [1.807, 2.05) is 16.7 Å². The van der Waals surface area contributed by atoms with Gasteiger partial charge in [0, 0.05) is 11.4 Å². The van der Waals surface area contributed by atoms with Crippen LogP contribution in [0.3, 0.4) is 0 Å². The van der Waals surface area contributed by atoms with Crippen molar-refractivity contribution >= 4 is 24.0 Å². The van der Waals surface area contributed by atoms with Gasteiger partial charge in [-0.2, -0.15) is 0 Å².